The normalized spacial score (nSPS) is 15.8. The number of aromatic nitrogens is 1. The maximum atomic E-state index is 13.1. The van der Waals surface area contributed by atoms with E-state index in [1.165, 1.54) is 13.0 Å². The van der Waals surface area contributed by atoms with Gasteiger partial charge in [0.05, 0.1) is 5.52 Å². The molecule has 0 spiro atoms. The molecule has 1 unspecified atom stereocenters. The van der Waals surface area contributed by atoms with Gasteiger partial charge in [0.25, 0.3) is 10.0 Å². The van der Waals surface area contributed by atoms with Crippen LogP contribution in [0.3, 0.4) is 0 Å². The van der Waals surface area contributed by atoms with Crippen LogP contribution in [-0.2, 0) is 21.4 Å². The minimum Gasteiger partial charge on any atom is -0.427 e. The number of fused-ring (bicyclic) bond motifs is 1. The smallest absolute Gasteiger partial charge is 0.308 e. The standard InChI is InChI=1S/C30H32N4O5S/c1-22(35)39-27-9-2-6-23(20-27)21-33-16-5-17-34(19-18-33)30(36)25-11-13-26(14-12-25)32-40(37,38)28-10-3-7-24-8-4-15-31-29(24)28/h2-4,6-15,20,30,32,36H,5,16-19,21H2,1H3. The predicted molar refractivity (Wildman–Crippen MR) is 153 cm³/mol. The number of aliphatic hydroxyl groups is 1. The number of hydrogen-bond donors (Lipinski definition) is 2. The highest BCUT2D eigenvalue weighted by atomic mass is 32.2. The molecule has 208 valence electrons. The molecule has 9 nitrogen and oxygen atoms in total. The largest absolute Gasteiger partial charge is 0.427 e. The van der Waals surface area contributed by atoms with Gasteiger partial charge in [-0.2, -0.15) is 0 Å². The molecule has 5 rings (SSSR count). The Morgan fingerprint density at radius 2 is 1.77 bits per heavy atom. The minimum absolute atomic E-state index is 0.113. The Kier molecular flexibility index (Phi) is 8.41. The van der Waals surface area contributed by atoms with E-state index in [1.54, 1.807) is 48.7 Å². The number of sulfonamides is 1. The number of nitrogens with one attached hydrogen (secondary N) is 1. The Morgan fingerprint density at radius 3 is 2.58 bits per heavy atom. The fraction of sp³-hybridized carbons (Fsp3) is 0.267. The van der Waals surface area contributed by atoms with Crippen LogP contribution in [-0.4, -0.2) is 60.5 Å². The molecule has 1 fully saturated rings. The van der Waals surface area contributed by atoms with Crippen LogP contribution in [0, 0.1) is 0 Å². The molecule has 3 aromatic carbocycles. The molecule has 1 aliphatic heterocycles. The zero-order valence-electron chi connectivity index (χ0n) is 22.2. The van der Waals surface area contributed by atoms with E-state index in [-0.39, 0.29) is 10.9 Å². The van der Waals surface area contributed by atoms with Gasteiger partial charge in [-0.25, -0.2) is 8.42 Å². The summed E-state index contributed by atoms with van der Waals surface area (Å²) in [5.41, 5.74) is 2.57. The van der Waals surface area contributed by atoms with Gasteiger partial charge >= 0.3 is 5.97 Å². The van der Waals surface area contributed by atoms with Crippen LogP contribution < -0.4 is 9.46 Å². The third-order valence-electron chi connectivity index (χ3n) is 6.88. The number of anilines is 1. The number of carbonyl (C=O) groups excluding carboxylic acids is 1. The zero-order chi connectivity index (χ0) is 28.1. The van der Waals surface area contributed by atoms with E-state index in [0.717, 1.165) is 43.5 Å². The van der Waals surface area contributed by atoms with Crippen molar-refractivity contribution < 1.29 is 23.1 Å². The summed E-state index contributed by atoms with van der Waals surface area (Å²) in [7, 11) is -3.85. The van der Waals surface area contributed by atoms with Crippen LogP contribution in [0.4, 0.5) is 5.69 Å². The number of carbonyl (C=O) groups is 1. The topological polar surface area (TPSA) is 112 Å². The number of hydrogen-bond acceptors (Lipinski definition) is 8. The maximum Gasteiger partial charge on any atom is 0.308 e. The van der Waals surface area contributed by atoms with Gasteiger partial charge < -0.3 is 9.84 Å². The number of esters is 1. The summed E-state index contributed by atoms with van der Waals surface area (Å²) in [5.74, 6) is 0.195. The quantitative estimate of drug-likeness (QED) is 0.244. The van der Waals surface area contributed by atoms with Gasteiger partial charge in [0, 0.05) is 50.4 Å². The van der Waals surface area contributed by atoms with Crippen molar-refractivity contribution in [3.05, 3.63) is 96.2 Å². The molecular formula is C30H32N4O5S. The highest BCUT2D eigenvalue weighted by molar-refractivity contribution is 7.93. The van der Waals surface area contributed by atoms with Gasteiger partial charge in [-0.15, -0.1) is 0 Å². The fourth-order valence-corrected chi connectivity index (χ4v) is 6.20. The molecule has 0 saturated carbocycles. The Labute approximate surface area is 234 Å². The molecular weight excluding hydrogens is 528 g/mol. The molecule has 0 amide bonds. The molecule has 0 aliphatic carbocycles. The monoisotopic (exact) mass is 560 g/mol. The van der Waals surface area contributed by atoms with E-state index >= 15 is 0 Å². The van der Waals surface area contributed by atoms with E-state index in [1.807, 2.05) is 35.2 Å². The first-order valence-electron chi connectivity index (χ1n) is 13.2. The van der Waals surface area contributed by atoms with Gasteiger partial charge in [-0.3, -0.25) is 24.3 Å². The van der Waals surface area contributed by atoms with Crippen LogP contribution >= 0.6 is 0 Å². The third kappa shape index (κ3) is 6.65. The lowest BCUT2D eigenvalue weighted by Gasteiger charge is -2.27. The number of para-hydroxylation sites is 1. The average molecular weight is 561 g/mol. The van der Waals surface area contributed by atoms with Crippen molar-refractivity contribution in [1.29, 1.82) is 0 Å². The first-order valence-corrected chi connectivity index (χ1v) is 14.7. The molecule has 40 heavy (non-hydrogen) atoms. The number of rotatable bonds is 8. The van der Waals surface area contributed by atoms with Gasteiger partial charge in [-0.1, -0.05) is 42.5 Å². The molecule has 1 atom stereocenters. The molecule has 2 N–H and O–H groups in total. The number of aliphatic hydroxyl groups excluding tert-OH is 1. The van der Waals surface area contributed by atoms with Crippen LogP contribution in [0.1, 0.15) is 30.7 Å². The predicted octanol–water partition coefficient (Wildman–Crippen LogP) is 4.16. The molecule has 1 saturated heterocycles. The minimum atomic E-state index is -3.85. The molecule has 1 aromatic heterocycles. The van der Waals surface area contributed by atoms with Gasteiger partial charge in [0.1, 0.15) is 16.9 Å². The highest BCUT2D eigenvalue weighted by Crippen LogP contribution is 2.26. The Bertz CT molecular complexity index is 1590. The van der Waals surface area contributed by atoms with E-state index in [0.29, 0.717) is 29.1 Å². The molecule has 0 bridgehead atoms. The van der Waals surface area contributed by atoms with Crippen molar-refractivity contribution in [2.75, 3.05) is 30.9 Å². The first kappa shape index (κ1) is 27.7. The summed E-state index contributed by atoms with van der Waals surface area (Å²) in [6, 6.07) is 23.0. The van der Waals surface area contributed by atoms with Gasteiger partial charge in [-0.05, 0) is 60.5 Å². The molecule has 2 heterocycles. The van der Waals surface area contributed by atoms with Crippen LogP contribution in [0.25, 0.3) is 10.9 Å². The van der Waals surface area contributed by atoms with Gasteiger partial charge in [0.15, 0.2) is 0 Å². The molecule has 10 heteroatoms. The second-order valence-electron chi connectivity index (χ2n) is 9.84. The van der Waals surface area contributed by atoms with Crippen molar-refractivity contribution in [3.8, 4) is 5.75 Å². The lowest BCUT2D eigenvalue weighted by atomic mass is 10.1. The highest BCUT2D eigenvalue weighted by Gasteiger charge is 2.23. The van der Waals surface area contributed by atoms with Crippen molar-refractivity contribution in [3.63, 3.8) is 0 Å². The number of nitrogens with zero attached hydrogens (tertiary/aromatic N) is 3. The summed E-state index contributed by atoms with van der Waals surface area (Å²) in [5, 5.41) is 11.8. The van der Waals surface area contributed by atoms with Crippen molar-refractivity contribution >= 4 is 32.6 Å². The second-order valence-corrected chi connectivity index (χ2v) is 11.5. The van der Waals surface area contributed by atoms with E-state index < -0.39 is 16.3 Å². The molecule has 1 aliphatic rings. The van der Waals surface area contributed by atoms with Crippen molar-refractivity contribution in [2.45, 2.75) is 31.0 Å². The summed E-state index contributed by atoms with van der Waals surface area (Å²) in [6.07, 6.45) is 1.65. The van der Waals surface area contributed by atoms with E-state index in [4.69, 9.17) is 4.74 Å². The van der Waals surface area contributed by atoms with Gasteiger partial charge in [0.2, 0.25) is 0 Å². The average Bonchev–Trinajstić information content (AvgIpc) is 3.18. The van der Waals surface area contributed by atoms with Crippen molar-refractivity contribution in [1.82, 2.24) is 14.8 Å². The lowest BCUT2D eigenvalue weighted by molar-refractivity contribution is -0.131. The Balaban J connectivity index is 1.20. The number of pyridine rings is 1. The zero-order valence-corrected chi connectivity index (χ0v) is 23.0. The van der Waals surface area contributed by atoms with E-state index in [2.05, 4.69) is 14.6 Å². The maximum absolute atomic E-state index is 13.1. The summed E-state index contributed by atoms with van der Waals surface area (Å²) in [6.45, 7) is 5.16. The molecule has 4 aromatic rings. The number of benzene rings is 3. The fourth-order valence-electron chi connectivity index (χ4n) is 4.96. The van der Waals surface area contributed by atoms with Crippen molar-refractivity contribution in [2.24, 2.45) is 0 Å². The summed E-state index contributed by atoms with van der Waals surface area (Å²) in [4.78, 5) is 20.0. The summed E-state index contributed by atoms with van der Waals surface area (Å²) >= 11 is 0. The van der Waals surface area contributed by atoms with E-state index in [9.17, 15) is 18.3 Å². The molecule has 0 radical (unpaired) electrons. The lowest BCUT2D eigenvalue weighted by Crippen LogP contribution is -2.33. The summed E-state index contributed by atoms with van der Waals surface area (Å²) < 4.78 is 34.1. The Morgan fingerprint density at radius 1 is 1.00 bits per heavy atom. The SMILES string of the molecule is CC(=O)Oc1cccc(CN2CCCN(C(O)c3ccc(NS(=O)(=O)c4cccc5cccnc45)cc3)CC2)c1. The number of ether oxygens (including phenoxy) is 1. The second kappa shape index (κ2) is 12.1. The van der Waals surface area contributed by atoms with Crippen LogP contribution in [0.2, 0.25) is 0 Å². The third-order valence-corrected chi connectivity index (χ3v) is 8.29. The van der Waals surface area contributed by atoms with Crippen LogP contribution in [0.15, 0.2) is 90.0 Å². The Hall–Kier alpha value is -3.83. The van der Waals surface area contributed by atoms with Crippen LogP contribution in [0.5, 0.6) is 5.75 Å². The first-order chi connectivity index (χ1) is 19.3.